The molecule has 1 unspecified atom stereocenters. The predicted octanol–water partition coefficient (Wildman–Crippen LogP) is 6.25. The van der Waals surface area contributed by atoms with Crippen LogP contribution in [-0.4, -0.2) is 111 Å². The van der Waals surface area contributed by atoms with Crippen LogP contribution in [0.25, 0.3) is 11.1 Å². The second-order valence-corrected chi connectivity index (χ2v) is 18.1. The fourth-order valence-corrected chi connectivity index (χ4v) is 6.37. The van der Waals surface area contributed by atoms with Gasteiger partial charge < -0.3 is 54.8 Å². The molecule has 17 nitrogen and oxygen atoms in total. The lowest BCUT2D eigenvalue weighted by Gasteiger charge is -2.27. The molecule has 0 aromatic heterocycles. The van der Waals surface area contributed by atoms with Gasteiger partial charge in [-0.1, -0.05) is 51.1 Å². The molecule has 68 heavy (non-hydrogen) atoms. The second kappa shape index (κ2) is 28.9. The zero-order valence-electron chi connectivity index (χ0n) is 41.0. The Balaban J connectivity index is 1.80. The summed E-state index contributed by atoms with van der Waals surface area (Å²) in [6.45, 7) is 16.3. The number of carboxylic acids is 1. The largest absolute Gasteiger partial charge is 0.484 e. The van der Waals surface area contributed by atoms with E-state index in [0.717, 1.165) is 12.0 Å². The molecule has 4 amide bonds. The number of carboxylic acid groups (broad SMARTS) is 1. The van der Waals surface area contributed by atoms with Crippen LogP contribution in [0.4, 0.5) is 0 Å². The normalized spacial score (nSPS) is 11.8. The van der Waals surface area contributed by atoms with E-state index < -0.39 is 35.0 Å². The van der Waals surface area contributed by atoms with Crippen molar-refractivity contribution >= 4 is 35.6 Å². The van der Waals surface area contributed by atoms with Crippen molar-refractivity contribution in [1.82, 2.24) is 21.3 Å². The third-order valence-electron chi connectivity index (χ3n) is 10.4. The molecular formula is C51H72N4O13. The zero-order valence-corrected chi connectivity index (χ0v) is 41.0. The number of esters is 1. The van der Waals surface area contributed by atoms with E-state index in [1.165, 1.54) is 6.07 Å². The molecule has 5 N–H and O–H groups in total. The van der Waals surface area contributed by atoms with Gasteiger partial charge in [0.15, 0.2) is 19.8 Å². The Kier molecular flexibility index (Phi) is 23.8. The third-order valence-corrected chi connectivity index (χ3v) is 10.4. The summed E-state index contributed by atoms with van der Waals surface area (Å²) in [7, 11) is 0. The predicted molar refractivity (Wildman–Crippen MR) is 256 cm³/mol. The van der Waals surface area contributed by atoms with Crippen molar-refractivity contribution in [3.8, 4) is 28.4 Å². The zero-order chi connectivity index (χ0) is 50.1. The maximum absolute atomic E-state index is 13.5. The highest BCUT2D eigenvalue weighted by atomic mass is 16.5. The average Bonchev–Trinajstić information content (AvgIpc) is 3.29. The molecule has 0 radical (unpaired) electrons. The quantitative estimate of drug-likeness (QED) is 0.0345. The molecule has 0 saturated carbocycles. The van der Waals surface area contributed by atoms with Crippen molar-refractivity contribution in [2.75, 3.05) is 59.2 Å². The fourth-order valence-electron chi connectivity index (χ4n) is 6.37. The molecule has 3 aromatic carbocycles. The molecule has 17 heteroatoms. The third kappa shape index (κ3) is 23.0. The maximum atomic E-state index is 13.5. The number of aliphatic carboxylic acids is 1. The van der Waals surface area contributed by atoms with Crippen LogP contribution >= 0.6 is 0 Å². The van der Waals surface area contributed by atoms with E-state index in [1.54, 1.807) is 37.3 Å². The van der Waals surface area contributed by atoms with Crippen LogP contribution in [0.15, 0.2) is 66.7 Å². The van der Waals surface area contributed by atoms with E-state index in [2.05, 4.69) is 35.1 Å². The van der Waals surface area contributed by atoms with Gasteiger partial charge in [0.05, 0.1) is 29.3 Å². The van der Waals surface area contributed by atoms with Gasteiger partial charge in [-0.2, -0.15) is 0 Å². The highest BCUT2D eigenvalue weighted by Gasteiger charge is 2.23. The standard InChI is InChI=1S/C51H72N4O13/c1-9-67-50(5,6)18-22-53-45(57)33-64-42-26-39(27-43(29-42)65-34-46(58)54-23-19-51(7,8)68-30-36(4)48(61)55-20-13-16-47(59)60)38-24-40(49(62)66-31-37-14-11-10-12-15-37)28-41(25-38)63-32-44(56)52-21-17-35(2)3/h10-12,14-15,24-29,35-36H,9,13,16-23,30-34H2,1-8H3,(H,52,56)(H,53,57)(H,54,58)(H,55,61)(H,59,60). The Bertz CT molecular complexity index is 2090. The van der Waals surface area contributed by atoms with Crippen LogP contribution in [0.1, 0.15) is 103 Å². The van der Waals surface area contributed by atoms with Crippen LogP contribution in [-0.2, 0) is 44.8 Å². The first kappa shape index (κ1) is 56.1. The van der Waals surface area contributed by atoms with Gasteiger partial charge in [0, 0.05) is 45.3 Å². The van der Waals surface area contributed by atoms with Crippen LogP contribution < -0.4 is 35.5 Å². The number of ether oxygens (including phenoxy) is 6. The highest BCUT2D eigenvalue weighted by Crippen LogP contribution is 2.33. The van der Waals surface area contributed by atoms with Crippen molar-refractivity contribution in [1.29, 1.82) is 0 Å². The van der Waals surface area contributed by atoms with Gasteiger partial charge in [-0.3, -0.25) is 24.0 Å². The van der Waals surface area contributed by atoms with Gasteiger partial charge in [0.2, 0.25) is 5.91 Å². The summed E-state index contributed by atoms with van der Waals surface area (Å²) < 4.78 is 35.2. The monoisotopic (exact) mass is 949 g/mol. The first-order valence-electron chi connectivity index (χ1n) is 23.2. The van der Waals surface area contributed by atoms with E-state index in [1.807, 2.05) is 65.0 Å². The topological polar surface area (TPSA) is 226 Å². The molecule has 0 bridgehead atoms. The lowest BCUT2D eigenvalue weighted by Crippen LogP contribution is -2.38. The second-order valence-electron chi connectivity index (χ2n) is 18.1. The number of amides is 4. The Hall–Kier alpha value is -6.20. The first-order chi connectivity index (χ1) is 32.2. The molecule has 374 valence electrons. The summed E-state index contributed by atoms with van der Waals surface area (Å²) in [6, 6.07) is 18.8. The van der Waals surface area contributed by atoms with E-state index in [0.29, 0.717) is 56.0 Å². The Morgan fingerprint density at radius 3 is 1.68 bits per heavy atom. The Morgan fingerprint density at radius 2 is 1.15 bits per heavy atom. The number of nitrogens with one attached hydrogen (secondary N) is 4. The maximum Gasteiger partial charge on any atom is 0.338 e. The average molecular weight is 949 g/mol. The molecule has 0 heterocycles. The van der Waals surface area contributed by atoms with Gasteiger partial charge in [0.1, 0.15) is 23.9 Å². The van der Waals surface area contributed by atoms with Gasteiger partial charge >= 0.3 is 11.9 Å². The Morgan fingerprint density at radius 1 is 0.632 bits per heavy atom. The lowest BCUT2D eigenvalue weighted by molar-refractivity contribution is -0.137. The number of rotatable bonds is 32. The number of carbonyl (C=O) groups excluding carboxylic acids is 5. The van der Waals surface area contributed by atoms with Crippen LogP contribution in [0.2, 0.25) is 0 Å². The molecular weight excluding hydrogens is 877 g/mol. The summed E-state index contributed by atoms with van der Waals surface area (Å²) >= 11 is 0. The van der Waals surface area contributed by atoms with Gasteiger partial charge in [-0.15, -0.1) is 0 Å². The highest BCUT2D eigenvalue weighted by molar-refractivity contribution is 5.92. The number of benzene rings is 3. The minimum atomic E-state index is -0.924. The number of hydrogen-bond donors (Lipinski definition) is 5. The van der Waals surface area contributed by atoms with E-state index in [4.69, 9.17) is 33.5 Å². The van der Waals surface area contributed by atoms with Gasteiger partial charge in [0.25, 0.3) is 17.7 Å². The van der Waals surface area contributed by atoms with E-state index in [9.17, 15) is 28.8 Å². The van der Waals surface area contributed by atoms with E-state index in [-0.39, 0.29) is 93.1 Å². The Labute approximate surface area is 400 Å². The minimum Gasteiger partial charge on any atom is -0.484 e. The van der Waals surface area contributed by atoms with Crippen molar-refractivity contribution in [3.63, 3.8) is 0 Å². The van der Waals surface area contributed by atoms with Crippen LogP contribution in [0.5, 0.6) is 17.2 Å². The molecule has 3 rings (SSSR count). The summed E-state index contributed by atoms with van der Waals surface area (Å²) in [4.78, 5) is 75.4. The van der Waals surface area contributed by atoms with E-state index >= 15 is 0 Å². The van der Waals surface area contributed by atoms with Crippen molar-refractivity contribution in [3.05, 3.63) is 77.9 Å². The summed E-state index contributed by atoms with van der Waals surface area (Å²) in [5, 5.41) is 20.0. The molecule has 3 aromatic rings. The van der Waals surface area contributed by atoms with Crippen molar-refractivity contribution in [2.24, 2.45) is 11.8 Å². The SMILES string of the molecule is CCOC(C)(C)CCNC(=O)COc1cc(OCC(=O)NCCC(C)(C)OCC(C)C(=O)NCCCC(=O)O)cc(-c2cc(OCC(=O)NCCC(C)C)cc(C(=O)OCc3ccccc3)c2)c1. The van der Waals surface area contributed by atoms with Gasteiger partial charge in [-0.25, -0.2) is 4.79 Å². The van der Waals surface area contributed by atoms with Crippen molar-refractivity contribution in [2.45, 2.75) is 105 Å². The first-order valence-corrected chi connectivity index (χ1v) is 23.2. The molecule has 0 aliphatic carbocycles. The molecule has 0 saturated heterocycles. The van der Waals surface area contributed by atoms with Crippen molar-refractivity contribution < 1.29 is 62.3 Å². The summed E-state index contributed by atoms with van der Waals surface area (Å²) in [5.41, 5.74) is 0.760. The van der Waals surface area contributed by atoms with Gasteiger partial charge in [-0.05, 0) is 113 Å². The fraction of sp³-hybridized carbons (Fsp3) is 0.529. The number of carbonyl (C=O) groups is 6. The van der Waals surface area contributed by atoms with Crippen LogP contribution in [0.3, 0.4) is 0 Å². The molecule has 0 aliphatic heterocycles. The minimum absolute atomic E-state index is 0.0220. The molecule has 0 spiro atoms. The summed E-state index contributed by atoms with van der Waals surface area (Å²) in [6.07, 6.45) is 2.09. The molecule has 0 aliphatic rings. The van der Waals surface area contributed by atoms with Crippen LogP contribution in [0, 0.1) is 11.8 Å². The molecule has 1 atom stereocenters. The molecule has 0 fully saturated rings. The summed E-state index contributed by atoms with van der Waals surface area (Å²) in [5.74, 6) is -2.33. The smallest absolute Gasteiger partial charge is 0.338 e. The lowest BCUT2D eigenvalue weighted by atomic mass is 10.0. The number of hydrogen-bond acceptors (Lipinski definition) is 12.